The van der Waals surface area contributed by atoms with Gasteiger partial charge in [0.2, 0.25) is 0 Å². The molecule has 2 aromatic heterocycles. The maximum atomic E-state index is 5.78. The minimum atomic E-state index is 0.446. The van der Waals surface area contributed by atoms with Gasteiger partial charge in [-0.25, -0.2) is 4.68 Å². The molecule has 0 radical (unpaired) electrons. The molecule has 0 spiro atoms. The van der Waals surface area contributed by atoms with Crippen LogP contribution in [0.15, 0.2) is 54.4 Å². The molecular weight excluding hydrogens is 388 g/mol. The summed E-state index contributed by atoms with van der Waals surface area (Å²) in [6.45, 7) is 6.25. The third-order valence-corrected chi connectivity index (χ3v) is 6.54. The number of methoxy groups -OCH3 is 1. The lowest BCUT2D eigenvalue weighted by Gasteiger charge is -2.23. The van der Waals surface area contributed by atoms with Crippen molar-refractivity contribution in [3.05, 3.63) is 64.1 Å². The zero-order valence-corrected chi connectivity index (χ0v) is 17.6. The summed E-state index contributed by atoms with van der Waals surface area (Å²) in [5.41, 5.74) is 0.938. The van der Waals surface area contributed by atoms with Crippen LogP contribution >= 0.6 is 23.6 Å². The molecule has 3 aromatic rings. The summed E-state index contributed by atoms with van der Waals surface area (Å²) < 4.78 is 10.2. The molecule has 0 amide bonds. The van der Waals surface area contributed by atoms with Gasteiger partial charge in [0.05, 0.1) is 19.3 Å². The van der Waals surface area contributed by atoms with Crippen LogP contribution < -0.4 is 4.74 Å². The van der Waals surface area contributed by atoms with Crippen molar-refractivity contribution < 1.29 is 4.74 Å². The fourth-order valence-electron chi connectivity index (χ4n) is 3.83. The second kappa shape index (κ2) is 8.43. The number of nitrogens with zero attached hydrogens (tertiary/aromatic N) is 4. The number of thiophene rings is 1. The lowest BCUT2D eigenvalue weighted by molar-refractivity contribution is 0.192. The fourth-order valence-corrected chi connectivity index (χ4v) is 4.98. The molecule has 7 heteroatoms. The first-order valence-corrected chi connectivity index (χ1v) is 10.7. The van der Waals surface area contributed by atoms with Crippen molar-refractivity contribution in [3.63, 3.8) is 0 Å². The zero-order chi connectivity index (χ0) is 19.5. The van der Waals surface area contributed by atoms with Crippen LogP contribution in [0.1, 0.15) is 23.8 Å². The molecule has 0 bridgehead atoms. The largest absolute Gasteiger partial charge is 0.496 e. The normalized spacial score (nSPS) is 17.1. The molecule has 1 saturated heterocycles. The summed E-state index contributed by atoms with van der Waals surface area (Å²) in [5.74, 6) is 1.60. The molecule has 1 fully saturated rings. The van der Waals surface area contributed by atoms with E-state index in [4.69, 9.17) is 22.1 Å². The highest BCUT2D eigenvalue weighted by molar-refractivity contribution is 7.71. The summed E-state index contributed by atoms with van der Waals surface area (Å²) in [5, 5.41) is 7.04. The summed E-state index contributed by atoms with van der Waals surface area (Å²) >= 11 is 7.61. The van der Waals surface area contributed by atoms with Crippen LogP contribution in [-0.2, 0) is 13.2 Å². The van der Waals surface area contributed by atoms with Gasteiger partial charge in [0.1, 0.15) is 5.75 Å². The highest BCUT2D eigenvalue weighted by Gasteiger charge is 2.28. The lowest BCUT2D eigenvalue weighted by Crippen LogP contribution is -2.26. The molecule has 0 unspecified atom stereocenters. The number of allylic oxidation sites excluding steroid dienone is 1. The van der Waals surface area contributed by atoms with E-state index in [1.165, 1.54) is 17.7 Å². The highest BCUT2D eigenvalue weighted by atomic mass is 32.1. The Morgan fingerprint density at radius 1 is 1.32 bits per heavy atom. The quantitative estimate of drug-likeness (QED) is 0.398. The maximum absolute atomic E-state index is 5.78. The number of likely N-dealkylation sites (tertiary alicyclic amines) is 1. The first-order valence-electron chi connectivity index (χ1n) is 9.42. The van der Waals surface area contributed by atoms with Gasteiger partial charge in [0.25, 0.3) is 0 Å². The Morgan fingerprint density at radius 3 is 2.93 bits per heavy atom. The zero-order valence-electron chi connectivity index (χ0n) is 16.0. The second-order valence-corrected chi connectivity index (χ2v) is 8.18. The lowest BCUT2D eigenvalue weighted by atomic mass is 10.2. The Balaban J connectivity index is 1.70. The van der Waals surface area contributed by atoms with Crippen molar-refractivity contribution in [2.24, 2.45) is 0 Å². The van der Waals surface area contributed by atoms with Crippen molar-refractivity contribution in [2.75, 3.05) is 13.7 Å². The molecule has 1 aromatic carbocycles. The average molecular weight is 413 g/mol. The van der Waals surface area contributed by atoms with Crippen LogP contribution in [0.5, 0.6) is 5.75 Å². The van der Waals surface area contributed by atoms with Crippen LogP contribution in [0.25, 0.3) is 11.4 Å². The monoisotopic (exact) mass is 412 g/mol. The molecule has 1 aliphatic heterocycles. The van der Waals surface area contributed by atoms with Gasteiger partial charge in [-0.15, -0.1) is 17.9 Å². The Kier molecular flexibility index (Phi) is 5.75. The third-order valence-electron chi connectivity index (χ3n) is 5.13. The molecule has 0 aliphatic carbocycles. The van der Waals surface area contributed by atoms with Gasteiger partial charge in [0.15, 0.2) is 10.6 Å². The molecule has 4 rings (SSSR count). The van der Waals surface area contributed by atoms with E-state index in [0.29, 0.717) is 24.0 Å². The number of ether oxygens (including phenoxy) is 1. The summed E-state index contributed by atoms with van der Waals surface area (Å²) in [6.07, 6.45) is 4.23. The SMILES string of the molecule is C=CCn1c(-c2ccccc2OC)nn(CN2CCC[C@H]2c2cccs2)c1=S. The Hall–Kier alpha value is -2.22. The van der Waals surface area contributed by atoms with Crippen LogP contribution in [0.4, 0.5) is 0 Å². The topological polar surface area (TPSA) is 35.2 Å². The molecule has 1 atom stereocenters. The summed E-state index contributed by atoms with van der Waals surface area (Å²) in [4.78, 5) is 3.89. The van der Waals surface area contributed by atoms with Gasteiger partial charge < -0.3 is 4.74 Å². The first-order chi connectivity index (χ1) is 13.7. The van der Waals surface area contributed by atoms with Gasteiger partial charge in [-0.05, 0) is 48.6 Å². The second-order valence-electron chi connectivity index (χ2n) is 6.83. The number of hydrogen-bond donors (Lipinski definition) is 0. The molecule has 1 aliphatic rings. The molecule has 0 N–H and O–H groups in total. The van der Waals surface area contributed by atoms with Crippen LogP contribution in [0.2, 0.25) is 0 Å². The number of para-hydroxylation sites is 1. The van der Waals surface area contributed by atoms with E-state index in [-0.39, 0.29) is 0 Å². The molecular formula is C21H24N4OS2. The number of aromatic nitrogens is 3. The molecule has 28 heavy (non-hydrogen) atoms. The van der Waals surface area contributed by atoms with Crippen LogP contribution in [0.3, 0.4) is 0 Å². The minimum absolute atomic E-state index is 0.446. The smallest absolute Gasteiger partial charge is 0.199 e. The Bertz CT molecular complexity index is 1010. The van der Waals surface area contributed by atoms with E-state index in [2.05, 4.69) is 29.0 Å². The van der Waals surface area contributed by atoms with Crippen molar-refractivity contribution in [1.29, 1.82) is 0 Å². The van der Waals surface area contributed by atoms with Crippen molar-refractivity contribution in [3.8, 4) is 17.1 Å². The van der Waals surface area contributed by atoms with E-state index < -0.39 is 0 Å². The van der Waals surface area contributed by atoms with Crippen LogP contribution in [-0.4, -0.2) is 32.9 Å². The summed E-state index contributed by atoms with van der Waals surface area (Å²) in [7, 11) is 1.68. The third kappa shape index (κ3) is 3.57. The number of benzene rings is 1. The van der Waals surface area contributed by atoms with E-state index in [9.17, 15) is 0 Å². The number of rotatable bonds is 7. The maximum Gasteiger partial charge on any atom is 0.199 e. The van der Waals surface area contributed by atoms with Gasteiger partial charge >= 0.3 is 0 Å². The Labute approximate surface area is 174 Å². The molecule has 146 valence electrons. The van der Waals surface area contributed by atoms with Gasteiger partial charge in [-0.1, -0.05) is 24.3 Å². The van der Waals surface area contributed by atoms with E-state index >= 15 is 0 Å². The van der Waals surface area contributed by atoms with Gasteiger partial charge in [-0.3, -0.25) is 9.47 Å². The van der Waals surface area contributed by atoms with Crippen molar-refractivity contribution >= 4 is 23.6 Å². The minimum Gasteiger partial charge on any atom is -0.496 e. The highest BCUT2D eigenvalue weighted by Crippen LogP contribution is 2.35. The van der Waals surface area contributed by atoms with E-state index in [1.54, 1.807) is 7.11 Å². The molecule has 5 nitrogen and oxygen atoms in total. The van der Waals surface area contributed by atoms with Crippen molar-refractivity contribution in [2.45, 2.75) is 32.1 Å². The molecule has 3 heterocycles. The average Bonchev–Trinajstić information content (AvgIpc) is 3.45. The first kappa shape index (κ1) is 19.1. The predicted octanol–water partition coefficient (Wildman–Crippen LogP) is 5.13. The fraction of sp³-hybridized carbons (Fsp3) is 0.333. The summed E-state index contributed by atoms with van der Waals surface area (Å²) in [6, 6.07) is 12.7. The van der Waals surface area contributed by atoms with Gasteiger partial charge in [-0.2, -0.15) is 5.10 Å². The van der Waals surface area contributed by atoms with Crippen molar-refractivity contribution in [1.82, 2.24) is 19.2 Å². The van der Waals surface area contributed by atoms with E-state index in [1.807, 2.05) is 50.9 Å². The predicted molar refractivity (Wildman–Crippen MR) is 116 cm³/mol. The molecule has 0 saturated carbocycles. The number of hydrogen-bond acceptors (Lipinski definition) is 5. The van der Waals surface area contributed by atoms with Gasteiger partial charge in [0, 0.05) is 24.0 Å². The van der Waals surface area contributed by atoms with Crippen LogP contribution in [0, 0.1) is 4.77 Å². The Morgan fingerprint density at radius 2 is 2.18 bits per heavy atom. The standard InChI is InChI=1S/C21H24N4OS2/c1-3-12-24-20(16-8-4-5-10-18(16)26-2)22-25(21(24)27)15-23-13-6-9-17(23)19-11-7-14-28-19/h3-5,7-8,10-11,14,17H,1,6,9,12-13,15H2,2H3/t17-/m0/s1. The van der Waals surface area contributed by atoms with E-state index in [0.717, 1.165) is 23.7 Å².